The van der Waals surface area contributed by atoms with Crippen molar-refractivity contribution in [1.29, 1.82) is 0 Å². The van der Waals surface area contributed by atoms with Crippen LogP contribution in [0.15, 0.2) is 71.3 Å². The lowest BCUT2D eigenvalue weighted by Crippen LogP contribution is -2.37. The number of carbonyl (C=O) groups excluding carboxylic acids is 1. The molecule has 0 aliphatic heterocycles. The molecule has 0 radical (unpaired) electrons. The maximum atomic E-state index is 12.7. The van der Waals surface area contributed by atoms with Gasteiger partial charge in [-0.25, -0.2) is 0 Å². The summed E-state index contributed by atoms with van der Waals surface area (Å²) in [6, 6.07) is 21.0. The summed E-state index contributed by atoms with van der Waals surface area (Å²) in [5.41, 5.74) is 0.677. The number of carbonyl (C=O) groups is 1. The van der Waals surface area contributed by atoms with Crippen LogP contribution in [-0.4, -0.2) is 34.1 Å². The molecule has 0 N–H and O–H groups in total. The van der Waals surface area contributed by atoms with Crippen LogP contribution >= 0.6 is 11.6 Å². The fraction of sp³-hybridized carbons (Fsp3) is 0.174. The SMILES string of the molecule is CC(Oc1ccc2ccccc2c1)C(=O)N(C)Cc1nc(-c2ccccc2Cl)no1. The monoisotopic (exact) mass is 421 g/mol. The number of hydrogen-bond acceptors (Lipinski definition) is 5. The van der Waals surface area contributed by atoms with E-state index >= 15 is 0 Å². The Labute approximate surface area is 179 Å². The number of amides is 1. The van der Waals surface area contributed by atoms with E-state index in [1.54, 1.807) is 20.0 Å². The molecule has 4 aromatic rings. The van der Waals surface area contributed by atoms with Crippen LogP contribution in [0.4, 0.5) is 0 Å². The van der Waals surface area contributed by atoms with Crippen molar-refractivity contribution < 1.29 is 14.1 Å². The molecule has 0 saturated carbocycles. The van der Waals surface area contributed by atoms with Gasteiger partial charge in [0.2, 0.25) is 11.7 Å². The van der Waals surface area contributed by atoms with Gasteiger partial charge in [0.15, 0.2) is 6.10 Å². The number of benzene rings is 3. The smallest absolute Gasteiger partial charge is 0.263 e. The van der Waals surface area contributed by atoms with Gasteiger partial charge in [0.1, 0.15) is 5.75 Å². The molecule has 1 amide bonds. The van der Waals surface area contributed by atoms with E-state index in [4.69, 9.17) is 20.9 Å². The molecular weight excluding hydrogens is 402 g/mol. The zero-order valence-electron chi connectivity index (χ0n) is 16.6. The topological polar surface area (TPSA) is 68.5 Å². The Hall–Kier alpha value is -3.38. The minimum atomic E-state index is -0.665. The van der Waals surface area contributed by atoms with E-state index in [1.165, 1.54) is 4.90 Å². The molecule has 30 heavy (non-hydrogen) atoms. The Morgan fingerprint density at radius 1 is 1.10 bits per heavy atom. The summed E-state index contributed by atoms with van der Waals surface area (Å²) in [4.78, 5) is 18.6. The average molecular weight is 422 g/mol. The molecule has 3 aromatic carbocycles. The van der Waals surface area contributed by atoms with Gasteiger partial charge < -0.3 is 14.2 Å². The first-order valence-corrected chi connectivity index (χ1v) is 9.87. The van der Waals surface area contributed by atoms with Crippen molar-refractivity contribution in [1.82, 2.24) is 15.0 Å². The van der Waals surface area contributed by atoms with E-state index in [0.717, 1.165) is 10.8 Å². The van der Waals surface area contributed by atoms with Crippen LogP contribution in [0.1, 0.15) is 12.8 Å². The lowest BCUT2D eigenvalue weighted by Gasteiger charge is -2.21. The van der Waals surface area contributed by atoms with Crippen molar-refractivity contribution in [3.8, 4) is 17.1 Å². The highest BCUT2D eigenvalue weighted by Crippen LogP contribution is 2.25. The Balaban J connectivity index is 1.41. The fourth-order valence-corrected chi connectivity index (χ4v) is 3.38. The fourth-order valence-electron chi connectivity index (χ4n) is 3.16. The van der Waals surface area contributed by atoms with Gasteiger partial charge in [-0.1, -0.05) is 59.2 Å². The van der Waals surface area contributed by atoms with Crippen LogP contribution in [-0.2, 0) is 11.3 Å². The number of aromatic nitrogens is 2. The summed E-state index contributed by atoms with van der Waals surface area (Å²) in [5, 5.41) is 6.67. The third-order valence-corrected chi connectivity index (χ3v) is 5.04. The van der Waals surface area contributed by atoms with Crippen molar-refractivity contribution >= 4 is 28.3 Å². The van der Waals surface area contributed by atoms with Crippen LogP contribution in [0.3, 0.4) is 0 Å². The first-order chi connectivity index (χ1) is 14.5. The van der Waals surface area contributed by atoms with E-state index in [9.17, 15) is 4.79 Å². The van der Waals surface area contributed by atoms with Crippen LogP contribution in [0.5, 0.6) is 5.75 Å². The molecule has 0 saturated heterocycles. The highest BCUT2D eigenvalue weighted by Gasteiger charge is 2.22. The molecule has 152 valence electrons. The summed E-state index contributed by atoms with van der Waals surface area (Å²) < 4.78 is 11.1. The first kappa shape index (κ1) is 19.9. The van der Waals surface area contributed by atoms with Gasteiger partial charge in [-0.3, -0.25) is 4.79 Å². The van der Waals surface area contributed by atoms with Gasteiger partial charge in [-0.05, 0) is 42.0 Å². The summed E-state index contributed by atoms with van der Waals surface area (Å²) in [6.07, 6.45) is -0.665. The van der Waals surface area contributed by atoms with Crippen LogP contribution in [0.25, 0.3) is 22.2 Å². The summed E-state index contributed by atoms with van der Waals surface area (Å²) >= 11 is 6.18. The second kappa shape index (κ2) is 8.55. The summed E-state index contributed by atoms with van der Waals surface area (Å²) in [6.45, 7) is 1.89. The van der Waals surface area contributed by atoms with Crippen molar-refractivity contribution in [3.63, 3.8) is 0 Å². The molecule has 0 bridgehead atoms. The van der Waals surface area contributed by atoms with Gasteiger partial charge in [-0.15, -0.1) is 0 Å². The van der Waals surface area contributed by atoms with E-state index in [1.807, 2.05) is 60.7 Å². The molecule has 0 aliphatic rings. The second-order valence-corrected chi connectivity index (χ2v) is 7.36. The molecular formula is C23H20ClN3O3. The molecule has 1 aromatic heterocycles. The Kier molecular flexibility index (Phi) is 5.68. The van der Waals surface area contributed by atoms with Gasteiger partial charge in [-0.2, -0.15) is 4.98 Å². The van der Waals surface area contributed by atoms with Gasteiger partial charge in [0.05, 0.1) is 11.6 Å². The zero-order chi connectivity index (χ0) is 21.1. The predicted molar refractivity (Wildman–Crippen MR) is 115 cm³/mol. The molecule has 0 fully saturated rings. The van der Waals surface area contributed by atoms with E-state index in [-0.39, 0.29) is 12.5 Å². The number of hydrogen-bond donors (Lipinski definition) is 0. The van der Waals surface area contributed by atoms with E-state index < -0.39 is 6.10 Å². The predicted octanol–water partition coefficient (Wildman–Crippen LogP) is 4.97. The molecule has 0 spiro atoms. The number of ether oxygens (including phenoxy) is 1. The minimum Gasteiger partial charge on any atom is -0.481 e. The van der Waals surface area contributed by atoms with Crippen molar-refractivity contribution in [2.24, 2.45) is 0 Å². The van der Waals surface area contributed by atoms with Crippen molar-refractivity contribution in [3.05, 3.63) is 77.6 Å². The largest absolute Gasteiger partial charge is 0.481 e. The van der Waals surface area contributed by atoms with Crippen molar-refractivity contribution in [2.45, 2.75) is 19.6 Å². The lowest BCUT2D eigenvalue weighted by molar-refractivity contribution is -0.137. The zero-order valence-corrected chi connectivity index (χ0v) is 17.3. The highest BCUT2D eigenvalue weighted by molar-refractivity contribution is 6.33. The van der Waals surface area contributed by atoms with Crippen LogP contribution < -0.4 is 4.74 Å². The second-order valence-electron chi connectivity index (χ2n) is 6.95. The molecule has 7 heteroatoms. The summed E-state index contributed by atoms with van der Waals surface area (Å²) in [5.74, 6) is 1.15. The third kappa shape index (κ3) is 4.28. The highest BCUT2D eigenvalue weighted by atomic mass is 35.5. The number of fused-ring (bicyclic) bond motifs is 1. The molecule has 6 nitrogen and oxygen atoms in total. The Bertz CT molecular complexity index is 1190. The van der Waals surface area contributed by atoms with E-state index in [0.29, 0.717) is 28.1 Å². The molecule has 1 unspecified atom stereocenters. The average Bonchev–Trinajstić information content (AvgIpc) is 3.21. The van der Waals surface area contributed by atoms with Gasteiger partial charge in [0.25, 0.3) is 5.91 Å². The van der Waals surface area contributed by atoms with Gasteiger partial charge >= 0.3 is 0 Å². The lowest BCUT2D eigenvalue weighted by atomic mass is 10.1. The van der Waals surface area contributed by atoms with Gasteiger partial charge in [0, 0.05) is 12.6 Å². The first-order valence-electron chi connectivity index (χ1n) is 9.49. The quantitative estimate of drug-likeness (QED) is 0.439. The Morgan fingerprint density at radius 2 is 1.83 bits per heavy atom. The standard InChI is InChI=1S/C23H20ClN3O3/c1-15(29-18-12-11-16-7-3-4-8-17(16)13-18)23(28)27(2)14-21-25-22(26-30-21)19-9-5-6-10-20(19)24/h3-13,15H,14H2,1-2H3. The molecule has 1 atom stereocenters. The minimum absolute atomic E-state index is 0.168. The third-order valence-electron chi connectivity index (χ3n) is 4.71. The Morgan fingerprint density at radius 3 is 2.63 bits per heavy atom. The number of nitrogens with zero attached hydrogens (tertiary/aromatic N) is 3. The maximum Gasteiger partial charge on any atom is 0.263 e. The normalized spacial score (nSPS) is 12.0. The van der Waals surface area contributed by atoms with Crippen LogP contribution in [0, 0.1) is 0 Å². The van der Waals surface area contributed by atoms with E-state index in [2.05, 4.69) is 10.1 Å². The number of rotatable bonds is 6. The summed E-state index contributed by atoms with van der Waals surface area (Å²) in [7, 11) is 1.67. The maximum absolute atomic E-state index is 12.7. The molecule has 0 aliphatic carbocycles. The molecule has 4 rings (SSSR count). The molecule has 1 heterocycles. The number of likely N-dealkylation sites (N-methyl/N-ethyl adjacent to an activating group) is 1. The van der Waals surface area contributed by atoms with Crippen LogP contribution in [0.2, 0.25) is 5.02 Å². The van der Waals surface area contributed by atoms with Crippen molar-refractivity contribution in [2.75, 3.05) is 7.05 Å². The number of halogens is 1.